The maximum absolute atomic E-state index is 12.6. The molecule has 291 valence electrons. The molecule has 0 bridgehead atoms. The fraction of sp³-hybridized carbons (Fsp3) is 0.742. The molecular formula is C31H56B6N9O8. The Bertz CT molecular complexity index is 1180. The van der Waals surface area contributed by atoms with E-state index >= 15 is 0 Å². The fourth-order valence-electron chi connectivity index (χ4n) is 4.57. The normalized spacial score (nSPS) is 10.1. The molecule has 0 unspecified atom stereocenters. The molecule has 54 heavy (non-hydrogen) atoms. The third-order valence-corrected chi connectivity index (χ3v) is 7.23. The first-order valence-corrected chi connectivity index (χ1v) is 18.2. The van der Waals surface area contributed by atoms with Crippen molar-refractivity contribution < 1.29 is 38.4 Å². The zero-order valence-corrected chi connectivity index (χ0v) is 32.7. The van der Waals surface area contributed by atoms with Crippen LogP contribution in [0.25, 0.3) is 0 Å². The lowest BCUT2D eigenvalue weighted by atomic mass is 9.18. The highest BCUT2D eigenvalue weighted by molar-refractivity contribution is 7.30. The first kappa shape index (κ1) is 52.4. The smallest absolute Gasteiger partial charge is 0.239 e. The van der Waals surface area contributed by atoms with Crippen molar-refractivity contribution in [2.75, 3.05) is 98.7 Å². The summed E-state index contributed by atoms with van der Waals surface area (Å²) < 4.78 is 0. The first-order chi connectivity index (χ1) is 25.7. The van der Waals surface area contributed by atoms with Crippen LogP contribution in [0.3, 0.4) is 0 Å². The molecule has 0 aromatic carbocycles. The molecule has 0 aromatic heterocycles. The van der Waals surface area contributed by atoms with Gasteiger partial charge in [-0.3, -0.25) is 38.4 Å². The van der Waals surface area contributed by atoms with Crippen molar-refractivity contribution in [2.24, 2.45) is 0 Å². The van der Waals surface area contributed by atoms with E-state index in [-0.39, 0.29) is 108 Å². The molecule has 0 atom stereocenters. The summed E-state index contributed by atoms with van der Waals surface area (Å²) in [4.78, 5) is 104. The average molecular weight is 748 g/mol. The van der Waals surface area contributed by atoms with Crippen molar-refractivity contribution in [3.05, 3.63) is 0 Å². The number of rotatable bonds is 29. The van der Waals surface area contributed by atoms with Crippen molar-refractivity contribution in [3.8, 4) is 0 Å². The van der Waals surface area contributed by atoms with Crippen LogP contribution < -0.4 is 26.6 Å². The van der Waals surface area contributed by atoms with Crippen LogP contribution >= 0.6 is 0 Å². The highest BCUT2D eigenvalue weighted by Gasteiger charge is 2.20. The van der Waals surface area contributed by atoms with E-state index in [1.54, 1.807) is 14.0 Å². The molecule has 0 aliphatic carbocycles. The molecule has 0 aliphatic heterocycles. The number of ketones is 1. The van der Waals surface area contributed by atoms with Gasteiger partial charge in [0.2, 0.25) is 41.4 Å². The van der Waals surface area contributed by atoms with Gasteiger partial charge in [0.15, 0.2) is 0 Å². The number of carbonyl (C=O) groups is 8. The van der Waals surface area contributed by atoms with Crippen molar-refractivity contribution in [3.63, 3.8) is 0 Å². The highest BCUT2D eigenvalue weighted by atomic mass is 16.2. The molecule has 0 rings (SSSR count). The summed E-state index contributed by atoms with van der Waals surface area (Å²) in [5, 5.41) is 14.0. The summed E-state index contributed by atoms with van der Waals surface area (Å²) in [6, 6.07) is 0. The Morgan fingerprint density at radius 1 is 0.611 bits per heavy atom. The molecule has 0 saturated heterocycles. The minimum Gasteiger partial charge on any atom is -0.353 e. The van der Waals surface area contributed by atoms with E-state index in [4.69, 9.17) is 31.1 Å². The first-order valence-electron chi connectivity index (χ1n) is 18.2. The average Bonchev–Trinajstić information content (AvgIpc) is 3.13. The number of nitrogens with one attached hydrogen (secondary N) is 5. The van der Waals surface area contributed by atoms with E-state index in [1.165, 1.54) is 26.5 Å². The lowest BCUT2D eigenvalue weighted by molar-refractivity contribution is -0.136. The molecule has 9 radical (unpaired) electrons. The second kappa shape index (κ2) is 32.7. The number of hydrogen-bond acceptors (Lipinski definition) is 10. The molecule has 0 aliphatic rings. The van der Waals surface area contributed by atoms with Gasteiger partial charge in [-0.25, -0.2) is 0 Å². The van der Waals surface area contributed by atoms with Gasteiger partial charge in [-0.15, -0.1) is 0 Å². The number of Topliss-reactive ketones (excluding diaryl/α,β-unsaturated/α-hetero) is 1. The monoisotopic (exact) mass is 748 g/mol. The molecule has 5 N–H and O–H groups in total. The standard InChI is InChI=1S/C29H50B6N9O8.C2H6/c1-4-26(49)42(19-24(47)39-9-13-41(18-22(2)45)29(52)17-35(32)33)12-8-37-5-6-38-23(46)21-44(28(51)16-34-31)14-10-40-25(48)20-43(11-7-36-3)27(50)15-30;1-2/h36-37H,4-21H2,1-3H3,(H,38,46)(H,39,47)(H,40,48);1-2H3. The van der Waals surface area contributed by atoms with Gasteiger partial charge in [0.1, 0.15) is 5.78 Å². The van der Waals surface area contributed by atoms with Gasteiger partial charge in [-0.2, -0.15) is 0 Å². The predicted octanol–water partition coefficient (Wildman–Crippen LogP) is -4.90. The number of hydrogen-bond donors (Lipinski definition) is 5. The summed E-state index contributed by atoms with van der Waals surface area (Å²) in [5.74, 6) is -3.03. The summed E-state index contributed by atoms with van der Waals surface area (Å²) in [5.41, 5.74) is 0. The molecule has 0 heterocycles. The highest BCUT2D eigenvalue weighted by Crippen LogP contribution is 1.99. The number of likely N-dealkylation sites (N-methyl/N-ethyl adjacent to an activating group) is 1. The quantitative estimate of drug-likeness (QED) is 0.0364. The molecule has 0 spiro atoms. The zero-order valence-electron chi connectivity index (χ0n) is 32.7. The minimum absolute atomic E-state index is 0.0259. The van der Waals surface area contributed by atoms with Crippen LogP contribution in [0.4, 0.5) is 0 Å². The molecule has 23 heteroatoms. The fourth-order valence-corrected chi connectivity index (χ4v) is 4.57. The van der Waals surface area contributed by atoms with E-state index < -0.39 is 36.0 Å². The van der Waals surface area contributed by atoms with Crippen molar-refractivity contribution in [1.29, 1.82) is 0 Å². The van der Waals surface area contributed by atoms with Crippen LogP contribution in [0.5, 0.6) is 0 Å². The van der Waals surface area contributed by atoms with Crippen LogP contribution in [-0.4, -0.2) is 210 Å². The van der Waals surface area contributed by atoms with Crippen LogP contribution in [0.15, 0.2) is 0 Å². The second-order valence-electron chi connectivity index (χ2n) is 11.7. The molecule has 0 saturated carbocycles. The maximum atomic E-state index is 12.6. The lowest BCUT2D eigenvalue weighted by Crippen LogP contribution is -2.47. The topological polar surface area (TPSA) is 210 Å². The van der Waals surface area contributed by atoms with Crippen molar-refractivity contribution in [1.82, 2.24) is 46.2 Å². The number of carbonyl (C=O) groups excluding carboxylic acids is 8. The largest absolute Gasteiger partial charge is 0.353 e. The third-order valence-electron chi connectivity index (χ3n) is 7.23. The van der Waals surface area contributed by atoms with Gasteiger partial charge in [0.25, 0.3) is 0 Å². The van der Waals surface area contributed by atoms with Gasteiger partial charge in [0, 0.05) is 95.1 Å². The summed E-state index contributed by atoms with van der Waals surface area (Å²) >= 11 is 0. The Morgan fingerprint density at radius 2 is 1.06 bits per heavy atom. The van der Waals surface area contributed by atoms with E-state index in [2.05, 4.69) is 26.6 Å². The minimum atomic E-state index is -0.873. The van der Waals surface area contributed by atoms with Gasteiger partial charge < -0.3 is 46.2 Å². The number of nitrogens with zero attached hydrogens (tertiary/aromatic N) is 4. The predicted molar refractivity (Wildman–Crippen MR) is 213 cm³/mol. The molecule has 17 nitrogen and oxygen atoms in total. The summed E-state index contributed by atoms with van der Waals surface area (Å²) in [6.45, 7) is 7.27. The summed E-state index contributed by atoms with van der Waals surface area (Å²) in [6.07, 6.45) is -0.326. The van der Waals surface area contributed by atoms with E-state index in [9.17, 15) is 38.4 Å². The van der Waals surface area contributed by atoms with Crippen LogP contribution in [0.2, 0.25) is 19.0 Å². The van der Waals surface area contributed by atoms with Crippen LogP contribution in [-0.2, 0) is 38.4 Å². The van der Waals surface area contributed by atoms with E-state index in [0.717, 1.165) is 7.17 Å². The molecular weight excluding hydrogens is 691 g/mol. The van der Waals surface area contributed by atoms with Crippen molar-refractivity contribution in [2.45, 2.75) is 53.1 Å². The van der Waals surface area contributed by atoms with Crippen LogP contribution in [0.1, 0.15) is 34.1 Å². The third kappa shape index (κ3) is 26.1. The number of amides is 7. The second-order valence-corrected chi connectivity index (χ2v) is 11.7. The summed E-state index contributed by atoms with van der Waals surface area (Å²) in [7, 11) is 24.7. The van der Waals surface area contributed by atoms with Gasteiger partial charge in [0.05, 0.1) is 47.7 Å². The Hall–Kier alpha value is -3.73. The molecule has 0 aromatic rings. The Balaban J connectivity index is 0. The SMILES string of the molecule is CC.[B][B]CC(=O)N(CCNC(=O)CN(CCNC)C(=O)C[B])CC(=O)NCCNCCN(CC(=O)NCCN(CC(C)=O)C(=O)CB([B])[B])C(=O)CC. The molecule has 0 fully saturated rings. The maximum Gasteiger partial charge on any atom is 0.239 e. The van der Waals surface area contributed by atoms with Gasteiger partial charge in [-0.1, -0.05) is 20.8 Å². The van der Waals surface area contributed by atoms with Gasteiger partial charge >= 0.3 is 0 Å². The zero-order chi connectivity index (χ0) is 41.5. The van der Waals surface area contributed by atoms with Crippen molar-refractivity contribution >= 4 is 91.9 Å². The Kier molecular flexibility index (Phi) is 31.7. The van der Waals surface area contributed by atoms with E-state index in [1.807, 2.05) is 13.8 Å². The van der Waals surface area contributed by atoms with Crippen LogP contribution in [0, 0.1) is 0 Å². The Morgan fingerprint density at radius 3 is 1.50 bits per heavy atom. The van der Waals surface area contributed by atoms with Gasteiger partial charge in [-0.05, 0) is 32.9 Å². The Labute approximate surface area is 327 Å². The van der Waals surface area contributed by atoms with E-state index in [0.29, 0.717) is 26.2 Å². The lowest BCUT2D eigenvalue weighted by Gasteiger charge is -2.24. The molecule has 7 amide bonds.